The Morgan fingerprint density at radius 1 is 1.24 bits per heavy atom. The first-order valence-corrected chi connectivity index (χ1v) is 6.94. The highest BCUT2D eigenvalue weighted by Crippen LogP contribution is 1.99. The van der Waals surface area contributed by atoms with Crippen molar-refractivity contribution in [2.45, 2.75) is 20.3 Å². The molecule has 0 aromatic carbocycles. The zero-order valence-corrected chi connectivity index (χ0v) is 12.3. The lowest BCUT2D eigenvalue weighted by atomic mass is 10.3. The van der Waals surface area contributed by atoms with Crippen LogP contribution in [0.25, 0.3) is 0 Å². The van der Waals surface area contributed by atoms with E-state index in [1.165, 1.54) is 11.2 Å². The summed E-state index contributed by atoms with van der Waals surface area (Å²) >= 11 is 0. The lowest BCUT2D eigenvalue weighted by Crippen LogP contribution is -2.41. The van der Waals surface area contributed by atoms with Crippen LogP contribution < -0.4 is 10.6 Å². The topological polar surface area (TPSA) is 91.7 Å². The number of hydrogen-bond acceptors (Lipinski definition) is 4. The van der Waals surface area contributed by atoms with Crippen LogP contribution in [0.2, 0.25) is 0 Å². The van der Waals surface area contributed by atoms with Crippen molar-refractivity contribution in [1.29, 1.82) is 0 Å². The second-order valence-corrected chi connectivity index (χ2v) is 4.34. The van der Waals surface area contributed by atoms with E-state index in [-0.39, 0.29) is 43.0 Å². The number of carbonyl (C=O) groups is 3. The van der Waals surface area contributed by atoms with Crippen LogP contribution in [0.3, 0.4) is 0 Å². The standard InChI is InChI=1S/C14H21N3O4/c1-3-15-12(18)10-17(4-2)13(19)7-8-16-14(20)11-6-5-9-21-11/h5-6,9H,3-4,7-8,10H2,1-2H3,(H,15,18)(H,16,20). The van der Waals surface area contributed by atoms with Gasteiger partial charge in [-0.1, -0.05) is 0 Å². The van der Waals surface area contributed by atoms with Gasteiger partial charge in [-0.25, -0.2) is 0 Å². The van der Waals surface area contributed by atoms with Crippen molar-refractivity contribution < 1.29 is 18.8 Å². The fourth-order valence-electron chi connectivity index (χ4n) is 1.74. The highest BCUT2D eigenvalue weighted by molar-refractivity contribution is 5.91. The Bertz CT molecular complexity index is 471. The number of rotatable bonds is 8. The Labute approximate surface area is 123 Å². The molecule has 1 aromatic heterocycles. The molecule has 21 heavy (non-hydrogen) atoms. The quantitative estimate of drug-likeness (QED) is 0.725. The molecule has 0 aliphatic carbocycles. The molecule has 0 aliphatic rings. The summed E-state index contributed by atoms with van der Waals surface area (Å²) in [5.74, 6) is -0.521. The number of hydrogen-bond donors (Lipinski definition) is 2. The highest BCUT2D eigenvalue weighted by atomic mass is 16.3. The number of furan rings is 1. The summed E-state index contributed by atoms with van der Waals surface area (Å²) in [4.78, 5) is 36.5. The summed E-state index contributed by atoms with van der Waals surface area (Å²) in [5.41, 5.74) is 0. The van der Waals surface area contributed by atoms with Gasteiger partial charge in [0, 0.05) is 26.1 Å². The smallest absolute Gasteiger partial charge is 0.286 e. The van der Waals surface area contributed by atoms with Crippen LogP contribution in [0.15, 0.2) is 22.8 Å². The maximum Gasteiger partial charge on any atom is 0.286 e. The molecule has 7 nitrogen and oxygen atoms in total. The van der Waals surface area contributed by atoms with Crippen molar-refractivity contribution >= 4 is 17.7 Å². The minimum atomic E-state index is -0.362. The zero-order chi connectivity index (χ0) is 15.7. The van der Waals surface area contributed by atoms with Crippen LogP contribution in [0, 0.1) is 0 Å². The molecule has 0 bridgehead atoms. The van der Waals surface area contributed by atoms with Crippen LogP contribution in [-0.2, 0) is 9.59 Å². The first-order chi connectivity index (χ1) is 10.1. The molecule has 0 saturated carbocycles. The van der Waals surface area contributed by atoms with Gasteiger partial charge in [-0.3, -0.25) is 14.4 Å². The summed E-state index contributed by atoms with van der Waals surface area (Å²) in [6, 6.07) is 3.16. The van der Waals surface area contributed by atoms with Gasteiger partial charge in [-0.2, -0.15) is 0 Å². The Morgan fingerprint density at radius 3 is 2.57 bits per heavy atom. The van der Waals surface area contributed by atoms with E-state index >= 15 is 0 Å². The van der Waals surface area contributed by atoms with Gasteiger partial charge < -0.3 is 20.0 Å². The van der Waals surface area contributed by atoms with E-state index in [4.69, 9.17) is 4.42 Å². The van der Waals surface area contributed by atoms with E-state index in [9.17, 15) is 14.4 Å². The van der Waals surface area contributed by atoms with Gasteiger partial charge >= 0.3 is 0 Å². The molecular formula is C14H21N3O4. The van der Waals surface area contributed by atoms with Gasteiger partial charge in [0.25, 0.3) is 5.91 Å². The van der Waals surface area contributed by atoms with Gasteiger partial charge in [-0.15, -0.1) is 0 Å². The van der Waals surface area contributed by atoms with E-state index in [1.807, 2.05) is 6.92 Å². The SMILES string of the molecule is CCNC(=O)CN(CC)C(=O)CCNC(=O)c1ccco1. The first-order valence-electron chi connectivity index (χ1n) is 6.94. The number of carbonyl (C=O) groups excluding carboxylic acids is 3. The van der Waals surface area contributed by atoms with Crippen molar-refractivity contribution in [3.63, 3.8) is 0 Å². The third-order valence-corrected chi connectivity index (χ3v) is 2.81. The number of amides is 3. The Balaban J connectivity index is 2.34. The van der Waals surface area contributed by atoms with Gasteiger partial charge in [0.2, 0.25) is 11.8 Å². The minimum absolute atomic E-state index is 0.0370. The maximum atomic E-state index is 12.0. The molecule has 0 atom stereocenters. The number of nitrogens with zero attached hydrogens (tertiary/aromatic N) is 1. The van der Waals surface area contributed by atoms with E-state index in [0.29, 0.717) is 13.1 Å². The van der Waals surface area contributed by atoms with Crippen molar-refractivity contribution in [2.24, 2.45) is 0 Å². The third-order valence-electron chi connectivity index (χ3n) is 2.81. The molecule has 0 aliphatic heterocycles. The van der Waals surface area contributed by atoms with Crippen molar-refractivity contribution in [1.82, 2.24) is 15.5 Å². The van der Waals surface area contributed by atoms with Crippen molar-refractivity contribution in [3.05, 3.63) is 24.2 Å². The highest BCUT2D eigenvalue weighted by Gasteiger charge is 2.15. The molecule has 0 fully saturated rings. The van der Waals surface area contributed by atoms with Crippen LogP contribution in [0.4, 0.5) is 0 Å². The van der Waals surface area contributed by atoms with Crippen LogP contribution in [0.5, 0.6) is 0 Å². The van der Waals surface area contributed by atoms with E-state index in [0.717, 1.165) is 0 Å². The molecule has 0 unspecified atom stereocenters. The molecule has 0 spiro atoms. The molecule has 1 aromatic rings. The van der Waals surface area contributed by atoms with Crippen LogP contribution >= 0.6 is 0 Å². The van der Waals surface area contributed by atoms with Gasteiger partial charge in [0.05, 0.1) is 12.8 Å². The van der Waals surface area contributed by atoms with Crippen molar-refractivity contribution in [2.75, 3.05) is 26.2 Å². The number of nitrogens with one attached hydrogen (secondary N) is 2. The largest absolute Gasteiger partial charge is 0.459 e. The average molecular weight is 295 g/mol. The monoisotopic (exact) mass is 295 g/mol. The lowest BCUT2D eigenvalue weighted by molar-refractivity contribution is -0.135. The molecule has 0 radical (unpaired) electrons. The minimum Gasteiger partial charge on any atom is -0.459 e. The molecular weight excluding hydrogens is 274 g/mol. The second-order valence-electron chi connectivity index (χ2n) is 4.34. The summed E-state index contributed by atoms with van der Waals surface area (Å²) < 4.78 is 4.94. The van der Waals surface area contributed by atoms with E-state index < -0.39 is 0 Å². The molecule has 0 saturated heterocycles. The lowest BCUT2D eigenvalue weighted by Gasteiger charge is -2.20. The van der Waals surface area contributed by atoms with E-state index in [2.05, 4.69) is 10.6 Å². The average Bonchev–Trinajstić information content (AvgIpc) is 2.99. The van der Waals surface area contributed by atoms with E-state index in [1.54, 1.807) is 19.1 Å². The summed E-state index contributed by atoms with van der Waals surface area (Å²) in [5, 5.41) is 5.24. The fourth-order valence-corrected chi connectivity index (χ4v) is 1.74. The molecule has 3 amide bonds. The van der Waals surface area contributed by atoms with Crippen LogP contribution in [0.1, 0.15) is 30.8 Å². The number of likely N-dealkylation sites (N-methyl/N-ethyl adjacent to an activating group) is 2. The second kappa shape index (κ2) is 8.78. The van der Waals surface area contributed by atoms with Gasteiger partial charge in [0.1, 0.15) is 0 Å². The first kappa shape index (κ1) is 16.7. The molecule has 2 N–H and O–H groups in total. The summed E-state index contributed by atoms with van der Waals surface area (Å²) in [6.45, 7) is 4.84. The van der Waals surface area contributed by atoms with Gasteiger partial charge in [-0.05, 0) is 26.0 Å². The maximum absolute atomic E-state index is 12.0. The molecule has 1 heterocycles. The summed E-state index contributed by atoms with van der Waals surface area (Å²) in [7, 11) is 0. The Kier molecular flexibility index (Phi) is 7.00. The van der Waals surface area contributed by atoms with Crippen molar-refractivity contribution in [3.8, 4) is 0 Å². The molecule has 7 heteroatoms. The van der Waals surface area contributed by atoms with Crippen LogP contribution in [-0.4, -0.2) is 48.8 Å². The summed E-state index contributed by atoms with van der Waals surface area (Å²) in [6.07, 6.45) is 1.55. The Hall–Kier alpha value is -2.31. The fraction of sp³-hybridized carbons (Fsp3) is 0.500. The Morgan fingerprint density at radius 2 is 2.00 bits per heavy atom. The van der Waals surface area contributed by atoms with Gasteiger partial charge in [0.15, 0.2) is 5.76 Å². The molecule has 116 valence electrons. The molecule has 1 rings (SSSR count). The normalized spacial score (nSPS) is 10.0. The predicted octanol–water partition coefficient (Wildman–Crippen LogP) is 0.384. The third kappa shape index (κ3) is 5.68. The zero-order valence-electron chi connectivity index (χ0n) is 12.3. The predicted molar refractivity (Wildman–Crippen MR) is 76.6 cm³/mol.